The van der Waals surface area contributed by atoms with Gasteiger partial charge in [0, 0.05) is 39.5 Å². The Morgan fingerprint density at radius 2 is 1.12 bits per heavy atom. The average Bonchev–Trinajstić information content (AvgIpc) is 3.76. The fraction of sp³-hybridized carbons (Fsp3) is 0.0857. The Kier molecular flexibility index (Phi) is 7.97. The monoisotopic (exact) mass is 545 g/mol. The summed E-state index contributed by atoms with van der Waals surface area (Å²) < 4.78 is 14.4. The van der Waals surface area contributed by atoms with Crippen LogP contribution in [0.1, 0.15) is 24.9 Å². The number of aromatic nitrogens is 1. The van der Waals surface area contributed by atoms with E-state index in [1.165, 1.54) is 12.2 Å². The van der Waals surface area contributed by atoms with E-state index in [0.29, 0.717) is 23.0 Å². The lowest BCUT2D eigenvalue weighted by Crippen LogP contribution is -1.95. The molecule has 2 aromatic carbocycles. The van der Waals surface area contributed by atoms with Gasteiger partial charge in [-0.25, -0.2) is 0 Å². The Balaban J connectivity index is 1.52. The van der Waals surface area contributed by atoms with Gasteiger partial charge in [0.15, 0.2) is 0 Å². The lowest BCUT2D eigenvalue weighted by molar-refractivity contribution is 0.571. The molecule has 0 bridgehead atoms. The number of nitrogens with zero attached hydrogens (tertiary/aromatic N) is 5. The van der Waals surface area contributed by atoms with E-state index in [1.807, 2.05) is 60.7 Å². The van der Waals surface area contributed by atoms with Crippen molar-refractivity contribution in [1.82, 2.24) is 4.57 Å². The molecule has 0 unspecified atom stereocenters. The van der Waals surface area contributed by atoms with Crippen LogP contribution < -0.4 is 0 Å². The highest BCUT2D eigenvalue weighted by atomic mass is 16.3. The zero-order valence-corrected chi connectivity index (χ0v) is 22.7. The van der Waals surface area contributed by atoms with E-state index in [1.54, 1.807) is 24.3 Å². The minimum absolute atomic E-state index is 0.0236. The van der Waals surface area contributed by atoms with Gasteiger partial charge in [-0.05, 0) is 91.4 Å². The van der Waals surface area contributed by atoms with Crippen molar-refractivity contribution in [2.24, 2.45) is 0 Å². The molecule has 0 amide bonds. The van der Waals surface area contributed by atoms with E-state index in [0.717, 1.165) is 45.9 Å². The maximum Gasteiger partial charge on any atom is 0.134 e. The minimum atomic E-state index is 0.0236. The highest BCUT2D eigenvalue weighted by Crippen LogP contribution is 2.36. The van der Waals surface area contributed by atoms with Gasteiger partial charge in [-0.15, -0.1) is 0 Å². The van der Waals surface area contributed by atoms with Crippen LogP contribution in [0.3, 0.4) is 0 Å². The standard InChI is InChI=1S/C35H23N5O2/c1-2-17-40-32-13-9-26(34-15-11-28(41-34)7-3-5-24(20-36)21-37)18-30(32)31-19-27(10-14-33(31)40)35-16-12-29(42-35)8-4-6-25(22-38)23-39/h3-16,18-19H,2,17H2,1H3/b7-3+,8-4+. The molecule has 5 aromatic rings. The second-order valence-electron chi connectivity index (χ2n) is 9.35. The number of fused-ring (bicyclic) bond motifs is 3. The Bertz CT molecular complexity index is 1920. The summed E-state index contributed by atoms with van der Waals surface area (Å²) in [5.41, 5.74) is 4.17. The molecule has 0 saturated heterocycles. The SMILES string of the molecule is CCCn1c2ccc(-c3ccc(/C=C/C=C(C#N)C#N)o3)cc2c2cc(-c3ccc(/C=C/C=C(C#N)C#N)o3)ccc21. The lowest BCUT2D eigenvalue weighted by Gasteiger charge is -2.06. The molecule has 7 heteroatoms. The summed E-state index contributed by atoms with van der Waals surface area (Å²) in [5.74, 6) is 2.64. The first-order valence-corrected chi connectivity index (χ1v) is 13.2. The highest BCUT2D eigenvalue weighted by Gasteiger charge is 2.15. The molecule has 3 heterocycles. The maximum absolute atomic E-state index is 8.89. The van der Waals surface area contributed by atoms with Crippen LogP contribution in [0.25, 0.3) is 56.6 Å². The fourth-order valence-corrected chi connectivity index (χ4v) is 4.75. The van der Waals surface area contributed by atoms with Gasteiger partial charge < -0.3 is 13.4 Å². The molecule has 0 spiro atoms. The second-order valence-corrected chi connectivity index (χ2v) is 9.35. The van der Waals surface area contributed by atoms with Crippen LogP contribution in [0.4, 0.5) is 0 Å². The van der Waals surface area contributed by atoms with Gasteiger partial charge in [-0.3, -0.25) is 0 Å². The Hall–Kier alpha value is -6.28. The molecule has 0 fully saturated rings. The van der Waals surface area contributed by atoms with Gasteiger partial charge in [0.05, 0.1) is 0 Å². The number of benzene rings is 2. The lowest BCUT2D eigenvalue weighted by atomic mass is 10.1. The van der Waals surface area contributed by atoms with Gasteiger partial charge in [-0.2, -0.15) is 21.0 Å². The van der Waals surface area contributed by atoms with Crippen LogP contribution >= 0.6 is 0 Å². The van der Waals surface area contributed by atoms with E-state index in [4.69, 9.17) is 29.9 Å². The maximum atomic E-state index is 8.89. The van der Waals surface area contributed by atoms with Crippen molar-refractivity contribution < 1.29 is 8.83 Å². The van der Waals surface area contributed by atoms with Crippen molar-refractivity contribution >= 4 is 34.0 Å². The smallest absolute Gasteiger partial charge is 0.134 e. The zero-order chi connectivity index (χ0) is 29.5. The molecule has 42 heavy (non-hydrogen) atoms. The van der Waals surface area contributed by atoms with Crippen molar-refractivity contribution in [1.29, 1.82) is 21.0 Å². The van der Waals surface area contributed by atoms with Crippen LogP contribution in [0.15, 0.2) is 105 Å². The number of rotatable bonds is 8. The number of nitriles is 4. The van der Waals surface area contributed by atoms with Crippen LogP contribution in [0.2, 0.25) is 0 Å². The van der Waals surface area contributed by atoms with E-state index < -0.39 is 0 Å². The number of hydrogen-bond donors (Lipinski definition) is 0. The third-order valence-electron chi connectivity index (χ3n) is 6.66. The fourth-order valence-electron chi connectivity index (χ4n) is 4.75. The predicted octanol–water partition coefficient (Wildman–Crippen LogP) is 8.70. The number of furan rings is 2. The van der Waals surface area contributed by atoms with E-state index in [9.17, 15) is 0 Å². The van der Waals surface area contributed by atoms with Crippen molar-refractivity contribution in [3.05, 3.63) is 108 Å². The van der Waals surface area contributed by atoms with E-state index in [2.05, 4.69) is 35.8 Å². The van der Waals surface area contributed by atoms with Crippen molar-refractivity contribution in [3.63, 3.8) is 0 Å². The van der Waals surface area contributed by atoms with Crippen molar-refractivity contribution in [3.8, 4) is 46.9 Å². The summed E-state index contributed by atoms with van der Waals surface area (Å²) in [4.78, 5) is 0. The van der Waals surface area contributed by atoms with Crippen LogP contribution in [-0.2, 0) is 6.54 Å². The summed E-state index contributed by atoms with van der Waals surface area (Å²) in [6.07, 6.45) is 10.6. The first-order chi connectivity index (χ1) is 20.6. The third-order valence-corrected chi connectivity index (χ3v) is 6.66. The topological polar surface area (TPSA) is 126 Å². The Morgan fingerprint density at radius 1 is 0.667 bits per heavy atom. The molecule has 5 rings (SSSR count). The summed E-state index contributed by atoms with van der Waals surface area (Å²) in [6.45, 7) is 3.04. The molecule has 3 aromatic heterocycles. The first kappa shape index (κ1) is 27.3. The van der Waals surface area contributed by atoms with Gasteiger partial charge in [0.2, 0.25) is 0 Å². The van der Waals surface area contributed by atoms with E-state index >= 15 is 0 Å². The largest absolute Gasteiger partial charge is 0.457 e. The molecule has 0 aliphatic carbocycles. The normalized spacial score (nSPS) is 10.9. The number of aryl methyl sites for hydroxylation is 1. The summed E-state index contributed by atoms with van der Waals surface area (Å²) in [6, 6.07) is 27.4. The van der Waals surface area contributed by atoms with E-state index in [-0.39, 0.29) is 11.1 Å². The molecule has 0 aliphatic heterocycles. The molecular formula is C35H23N5O2. The Labute approximate surface area is 242 Å². The zero-order valence-electron chi connectivity index (χ0n) is 22.7. The summed E-state index contributed by atoms with van der Waals surface area (Å²) in [5, 5.41) is 37.8. The molecule has 0 saturated carbocycles. The van der Waals surface area contributed by atoms with Crippen LogP contribution in [-0.4, -0.2) is 4.57 Å². The highest BCUT2D eigenvalue weighted by molar-refractivity contribution is 6.10. The van der Waals surface area contributed by atoms with Gasteiger partial charge >= 0.3 is 0 Å². The summed E-state index contributed by atoms with van der Waals surface area (Å²) in [7, 11) is 0. The van der Waals surface area contributed by atoms with Crippen LogP contribution in [0, 0.1) is 45.3 Å². The molecule has 0 atom stereocenters. The quantitative estimate of drug-likeness (QED) is 0.142. The molecule has 200 valence electrons. The molecule has 0 N–H and O–H groups in total. The second kappa shape index (κ2) is 12.3. The Morgan fingerprint density at radius 3 is 1.52 bits per heavy atom. The van der Waals surface area contributed by atoms with Crippen molar-refractivity contribution in [2.75, 3.05) is 0 Å². The van der Waals surface area contributed by atoms with Crippen molar-refractivity contribution in [2.45, 2.75) is 19.9 Å². The average molecular weight is 546 g/mol. The minimum Gasteiger partial charge on any atom is -0.457 e. The predicted molar refractivity (Wildman–Crippen MR) is 162 cm³/mol. The molecule has 7 nitrogen and oxygen atoms in total. The van der Waals surface area contributed by atoms with Gasteiger partial charge in [-0.1, -0.05) is 19.1 Å². The first-order valence-electron chi connectivity index (χ1n) is 13.2. The summed E-state index contributed by atoms with van der Waals surface area (Å²) >= 11 is 0. The molecule has 0 aliphatic rings. The number of allylic oxidation sites excluding steroid dienone is 6. The van der Waals surface area contributed by atoms with Crippen LogP contribution in [0.5, 0.6) is 0 Å². The van der Waals surface area contributed by atoms with Gasteiger partial charge in [0.25, 0.3) is 0 Å². The molecular weight excluding hydrogens is 522 g/mol. The van der Waals surface area contributed by atoms with Gasteiger partial charge in [0.1, 0.15) is 58.5 Å². The number of hydrogen-bond acceptors (Lipinski definition) is 6. The third kappa shape index (κ3) is 5.54. The molecule has 0 radical (unpaired) electrons.